The van der Waals surface area contributed by atoms with Gasteiger partial charge in [-0.25, -0.2) is 0 Å². The lowest BCUT2D eigenvalue weighted by molar-refractivity contribution is 0.267. The molecule has 98 valence electrons. The molecule has 0 bridgehead atoms. The van der Waals surface area contributed by atoms with E-state index >= 15 is 0 Å². The maximum absolute atomic E-state index is 10.2. The highest BCUT2D eigenvalue weighted by Gasteiger charge is 1.95. The van der Waals surface area contributed by atoms with E-state index in [0.29, 0.717) is 13.2 Å². The molecule has 16 heavy (non-hydrogen) atoms. The van der Waals surface area contributed by atoms with Gasteiger partial charge in [0.1, 0.15) is 0 Å². The minimum Gasteiger partial charge on any atom is -0.326 e. The molecule has 0 aromatic rings. The first kappa shape index (κ1) is 16.3. The van der Waals surface area contributed by atoms with Gasteiger partial charge in [0.25, 0.3) is 0 Å². The number of unbranched alkanes of at least 4 members (excludes halogenated alkanes) is 5. The molecule has 0 fully saturated rings. The van der Waals surface area contributed by atoms with Crippen LogP contribution in [0, 0.1) is 0 Å². The van der Waals surface area contributed by atoms with Crippen molar-refractivity contribution in [3.05, 3.63) is 0 Å². The van der Waals surface area contributed by atoms with Crippen LogP contribution in [-0.4, -0.2) is 23.0 Å². The van der Waals surface area contributed by atoms with Crippen molar-refractivity contribution in [2.45, 2.75) is 38.5 Å². The van der Waals surface area contributed by atoms with Gasteiger partial charge in [0.05, 0.1) is 13.2 Å². The Labute approximate surface area is 96.9 Å². The summed E-state index contributed by atoms with van der Waals surface area (Å²) in [6.45, 7) is 0.674. The Balaban J connectivity index is 2.98. The normalized spacial score (nSPS) is 14.9. The molecule has 0 radical (unpaired) electrons. The van der Waals surface area contributed by atoms with Gasteiger partial charge in [-0.1, -0.05) is 25.7 Å². The van der Waals surface area contributed by atoms with Crippen LogP contribution in [0.1, 0.15) is 38.5 Å². The predicted octanol–water partition coefficient (Wildman–Crippen LogP) is 2.12. The standard InChI is InChI=1S/C8H20O6P2/c9-15(10)13-7-5-3-1-2-4-6-8-14-16(11)12/h15-16H,1-8H2,(H,9,10)(H,11,12). The van der Waals surface area contributed by atoms with Gasteiger partial charge >= 0.3 is 16.5 Å². The second-order valence-corrected chi connectivity index (χ2v) is 4.99. The summed E-state index contributed by atoms with van der Waals surface area (Å²) in [7, 11) is -5.53. The van der Waals surface area contributed by atoms with Crippen LogP contribution >= 0.6 is 16.5 Å². The van der Waals surface area contributed by atoms with E-state index in [2.05, 4.69) is 9.05 Å². The molecular formula is C8H20O6P2. The zero-order valence-corrected chi connectivity index (χ0v) is 11.2. The quantitative estimate of drug-likeness (QED) is 0.443. The average molecular weight is 274 g/mol. The van der Waals surface area contributed by atoms with Crippen LogP contribution in [0.25, 0.3) is 0 Å². The lowest BCUT2D eigenvalue weighted by atomic mass is 10.1. The number of hydrogen-bond acceptors (Lipinski definition) is 4. The van der Waals surface area contributed by atoms with E-state index in [0.717, 1.165) is 38.5 Å². The molecule has 0 aliphatic heterocycles. The molecule has 0 saturated carbocycles. The molecule has 0 saturated heterocycles. The Bertz CT molecular complexity index is 189. The highest BCUT2D eigenvalue weighted by atomic mass is 31.1. The third-order valence-corrected chi connectivity index (χ3v) is 2.89. The van der Waals surface area contributed by atoms with Gasteiger partial charge in [-0.3, -0.25) is 9.13 Å². The molecule has 0 spiro atoms. The molecule has 2 N–H and O–H groups in total. The van der Waals surface area contributed by atoms with Crippen LogP contribution in [0.5, 0.6) is 0 Å². The Hall–Kier alpha value is 0.300. The minimum atomic E-state index is -2.76. The first-order chi connectivity index (χ1) is 7.63. The highest BCUT2D eigenvalue weighted by Crippen LogP contribution is 2.17. The van der Waals surface area contributed by atoms with Crippen LogP contribution in [-0.2, 0) is 18.2 Å². The third-order valence-electron chi connectivity index (χ3n) is 1.99. The topological polar surface area (TPSA) is 93.1 Å². The minimum absolute atomic E-state index is 0.337. The van der Waals surface area contributed by atoms with E-state index in [-0.39, 0.29) is 0 Å². The fourth-order valence-corrected chi connectivity index (χ4v) is 1.87. The molecule has 0 heterocycles. The summed E-state index contributed by atoms with van der Waals surface area (Å²) < 4.78 is 29.4. The third kappa shape index (κ3) is 14.3. The van der Waals surface area contributed by atoms with Gasteiger partial charge in [-0.2, -0.15) is 0 Å². The van der Waals surface area contributed by atoms with Gasteiger partial charge in [0, 0.05) is 0 Å². The molecule has 0 aromatic carbocycles. The fourth-order valence-electron chi connectivity index (χ4n) is 1.23. The van der Waals surface area contributed by atoms with Crippen molar-refractivity contribution in [1.82, 2.24) is 0 Å². The summed E-state index contributed by atoms with van der Waals surface area (Å²) >= 11 is 0. The van der Waals surface area contributed by atoms with Crippen LogP contribution in [0.15, 0.2) is 0 Å². The van der Waals surface area contributed by atoms with Gasteiger partial charge in [-0.05, 0) is 12.8 Å². The Kier molecular flexibility index (Phi) is 12.0. The van der Waals surface area contributed by atoms with Crippen molar-refractivity contribution in [1.29, 1.82) is 0 Å². The smallest absolute Gasteiger partial charge is 0.316 e. The van der Waals surface area contributed by atoms with E-state index in [1.54, 1.807) is 0 Å². The fraction of sp³-hybridized carbons (Fsp3) is 1.00. The molecular weight excluding hydrogens is 254 g/mol. The van der Waals surface area contributed by atoms with Crippen LogP contribution in [0.2, 0.25) is 0 Å². The molecule has 6 nitrogen and oxygen atoms in total. The van der Waals surface area contributed by atoms with Crippen LogP contribution in [0.3, 0.4) is 0 Å². The molecule has 2 unspecified atom stereocenters. The first-order valence-corrected chi connectivity index (χ1v) is 7.87. The summed E-state index contributed by atoms with van der Waals surface area (Å²) in [4.78, 5) is 16.7. The van der Waals surface area contributed by atoms with E-state index in [1.807, 2.05) is 0 Å². The van der Waals surface area contributed by atoms with E-state index in [1.165, 1.54) is 0 Å². The second kappa shape index (κ2) is 11.8. The molecule has 8 heteroatoms. The zero-order valence-electron chi connectivity index (χ0n) is 9.18. The van der Waals surface area contributed by atoms with Crippen molar-refractivity contribution < 1.29 is 28.0 Å². The Morgan fingerprint density at radius 1 is 0.688 bits per heavy atom. The second-order valence-electron chi connectivity index (χ2n) is 3.35. The van der Waals surface area contributed by atoms with Crippen molar-refractivity contribution >= 4 is 16.5 Å². The summed E-state index contributed by atoms with van der Waals surface area (Å²) in [6.07, 6.45) is 5.57. The predicted molar refractivity (Wildman–Crippen MR) is 62.0 cm³/mol. The maximum atomic E-state index is 10.2. The van der Waals surface area contributed by atoms with Crippen molar-refractivity contribution in [2.75, 3.05) is 13.2 Å². The summed E-state index contributed by atoms with van der Waals surface area (Å²) in [5.74, 6) is 0. The molecule has 0 aromatic heterocycles. The van der Waals surface area contributed by atoms with E-state index in [9.17, 15) is 9.13 Å². The average Bonchev–Trinajstić information content (AvgIpc) is 2.20. The SMILES string of the molecule is O=[PH](O)OCCCCCCCCO[PH](=O)O. The molecule has 0 amide bonds. The number of hydrogen-bond donors (Lipinski definition) is 2. The number of rotatable bonds is 11. The van der Waals surface area contributed by atoms with Gasteiger partial charge in [0.2, 0.25) is 0 Å². The molecule has 0 aliphatic carbocycles. The van der Waals surface area contributed by atoms with E-state index in [4.69, 9.17) is 9.79 Å². The zero-order chi connectivity index (χ0) is 12.2. The van der Waals surface area contributed by atoms with Crippen molar-refractivity contribution in [3.63, 3.8) is 0 Å². The summed E-state index contributed by atoms with van der Waals surface area (Å²) in [5.41, 5.74) is 0. The summed E-state index contributed by atoms with van der Waals surface area (Å²) in [5, 5.41) is 0. The van der Waals surface area contributed by atoms with Gasteiger partial charge < -0.3 is 18.8 Å². The van der Waals surface area contributed by atoms with Gasteiger partial charge in [-0.15, -0.1) is 0 Å². The first-order valence-electron chi connectivity index (χ1n) is 5.34. The van der Waals surface area contributed by atoms with Crippen LogP contribution < -0.4 is 0 Å². The largest absolute Gasteiger partial charge is 0.326 e. The highest BCUT2D eigenvalue weighted by molar-refractivity contribution is 7.32. The van der Waals surface area contributed by atoms with Crippen molar-refractivity contribution in [2.24, 2.45) is 0 Å². The van der Waals surface area contributed by atoms with Crippen LogP contribution in [0.4, 0.5) is 0 Å². The van der Waals surface area contributed by atoms with Gasteiger partial charge in [0.15, 0.2) is 0 Å². The lowest BCUT2D eigenvalue weighted by Gasteiger charge is -2.02. The lowest BCUT2D eigenvalue weighted by Crippen LogP contribution is -1.89. The monoisotopic (exact) mass is 274 g/mol. The Morgan fingerprint density at radius 2 is 1.00 bits per heavy atom. The van der Waals surface area contributed by atoms with Crippen molar-refractivity contribution in [3.8, 4) is 0 Å². The molecule has 0 rings (SSSR count). The maximum Gasteiger partial charge on any atom is 0.316 e. The summed E-state index contributed by atoms with van der Waals surface area (Å²) in [6, 6.07) is 0. The molecule has 2 atom stereocenters. The van der Waals surface area contributed by atoms with E-state index < -0.39 is 16.5 Å². The Morgan fingerprint density at radius 3 is 1.31 bits per heavy atom. The molecule has 0 aliphatic rings.